The van der Waals surface area contributed by atoms with Crippen molar-refractivity contribution in [2.75, 3.05) is 10.6 Å². The maximum atomic E-state index is 11.8. The molecule has 0 aliphatic heterocycles. The molecule has 7 heteroatoms. The van der Waals surface area contributed by atoms with Gasteiger partial charge in [0.15, 0.2) is 0 Å². The van der Waals surface area contributed by atoms with Crippen molar-refractivity contribution in [1.82, 2.24) is 4.98 Å². The Labute approximate surface area is 152 Å². The Bertz CT molecular complexity index is 780. The highest BCUT2D eigenvalue weighted by molar-refractivity contribution is 5.98. The number of aliphatic hydroxyl groups excluding tert-OH is 1. The van der Waals surface area contributed by atoms with Gasteiger partial charge < -0.3 is 27.2 Å². The fourth-order valence-corrected chi connectivity index (χ4v) is 3.27. The summed E-state index contributed by atoms with van der Waals surface area (Å²) in [5.41, 5.74) is 13.4. The van der Waals surface area contributed by atoms with Crippen LogP contribution in [-0.2, 0) is 6.61 Å². The number of nitrogens with two attached hydrogens (primary N) is 2. The molecular formula is C19H25N5O2. The summed E-state index contributed by atoms with van der Waals surface area (Å²) in [6.45, 7) is -0.121. The molecule has 7 nitrogen and oxygen atoms in total. The first kappa shape index (κ1) is 18.2. The molecular weight excluding hydrogens is 330 g/mol. The van der Waals surface area contributed by atoms with Crippen molar-refractivity contribution in [1.29, 1.82) is 0 Å². The molecule has 3 rings (SSSR count). The SMILES string of the molecule is NC(=O)c1ccc(NC2CCCCC2N)nc1Nc1ccccc1CO. The fourth-order valence-electron chi connectivity index (χ4n) is 3.27. The van der Waals surface area contributed by atoms with Gasteiger partial charge >= 0.3 is 0 Å². The normalized spacial score (nSPS) is 19.8. The summed E-state index contributed by atoms with van der Waals surface area (Å²) in [6.07, 6.45) is 4.28. The smallest absolute Gasteiger partial charge is 0.252 e. The second kappa shape index (κ2) is 8.16. The molecule has 26 heavy (non-hydrogen) atoms. The number of amides is 1. The summed E-state index contributed by atoms with van der Waals surface area (Å²) in [4.78, 5) is 16.3. The Balaban J connectivity index is 1.88. The van der Waals surface area contributed by atoms with Gasteiger partial charge in [0, 0.05) is 23.3 Å². The molecule has 1 fully saturated rings. The number of rotatable bonds is 6. The van der Waals surface area contributed by atoms with E-state index in [1.807, 2.05) is 18.2 Å². The van der Waals surface area contributed by atoms with E-state index >= 15 is 0 Å². The molecule has 0 radical (unpaired) electrons. The maximum absolute atomic E-state index is 11.8. The van der Waals surface area contributed by atoms with Crippen molar-refractivity contribution in [3.63, 3.8) is 0 Å². The number of anilines is 3. The summed E-state index contributed by atoms with van der Waals surface area (Å²) >= 11 is 0. The molecule has 2 unspecified atom stereocenters. The van der Waals surface area contributed by atoms with Crippen LogP contribution in [0.15, 0.2) is 36.4 Å². The number of hydrogen-bond donors (Lipinski definition) is 5. The van der Waals surface area contributed by atoms with Crippen LogP contribution in [0, 0.1) is 0 Å². The first-order chi connectivity index (χ1) is 12.6. The number of benzene rings is 1. The Hall–Kier alpha value is -2.64. The van der Waals surface area contributed by atoms with Crippen LogP contribution in [0.3, 0.4) is 0 Å². The maximum Gasteiger partial charge on any atom is 0.252 e. The van der Waals surface area contributed by atoms with Crippen molar-refractivity contribution in [2.45, 2.75) is 44.4 Å². The molecule has 7 N–H and O–H groups in total. The average molecular weight is 355 g/mol. The summed E-state index contributed by atoms with van der Waals surface area (Å²) in [6, 6.07) is 10.9. The van der Waals surface area contributed by atoms with Crippen LogP contribution in [0.2, 0.25) is 0 Å². The minimum atomic E-state index is -0.567. The molecule has 2 atom stereocenters. The lowest BCUT2D eigenvalue weighted by Crippen LogP contribution is -2.42. The lowest BCUT2D eigenvalue weighted by Gasteiger charge is -2.30. The van der Waals surface area contributed by atoms with E-state index in [4.69, 9.17) is 11.5 Å². The van der Waals surface area contributed by atoms with E-state index in [1.54, 1.807) is 18.2 Å². The van der Waals surface area contributed by atoms with Gasteiger partial charge in [-0.3, -0.25) is 4.79 Å². The first-order valence-corrected chi connectivity index (χ1v) is 8.87. The van der Waals surface area contributed by atoms with Crippen molar-refractivity contribution >= 4 is 23.2 Å². The van der Waals surface area contributed by atoms with Crippen molar-refractivity contribution in [3.05, 3.63) is 47.5 Å². The quantitative estimate of drug-likeness (QED) is 0.540. The number of carbonyl (C=O) groups is 1. The Morgan fingerprint density at radius 3 is 2.69 bits per heavy atom. The molecule has 2 aromatic rings. The highest BCUT2D eigenvalue weighted by Crippen LogP contribution is 2.26. The predicted octanol–water partition coefficient (Wildman–Crippen LogP) is 2.10. The Morgan fingerprint density at radius 1 is 1.19 bits per heavy atom. The molecule has 1 aliphatic rings. The average Bonchev–Trinajstić information content (AvgIpc) is 2.64. The first-order valence-electron chi connectivity index (χ1n) is 8.87. The van der Waals surface area contributed by atoms with E-state index in [1.165, 1.54) is 0 Å². The lowest BCUT2D eigenvalue weighted by atomic mass is 9.91. The number of primary amides is 1. The van der Waals surface area contributed by atoms with Gasteiger partial charge in [-0.25, -0.2) is 4.98 Å². The van der Waals surface area contributed by atoms with Gasteiger partial charge in [-0.15, -0.1) is 0 Å². The van der Waals surface area contributed by atoms with Crippen LogP contribution in [0.25, 0.3) is 0 Å². The molecule has 0 spiro atoms. The molecule has 1 heterocycles. The van der Waals surface area contributed by atoms with E-state index < -0.39 is 5.91 Å². The van der Waals surface area contributed by atoms with E-state index in [0.29, 0.717) is 22.9 Å². The van der Waals surface area contributed by atoms with Crippen molar-refractivity contribution in [2.24, 2.45) is 11.5 Å². The molecule has 1 aromatic heterocycles. The number of aromatic nitrogens is 1. The molecule has 1 saturated carbocycles. The minimum absolute atomic E-state index is 0.0906. The number of carbonyl (C=O) groups excluding carboxylic acids is 1. The molecule has 0 bridgehead atoms. The van der Waals surface area contributed by atoms with Gasteiger partial charge in [0.1, 0.15) is 11.6 Å². The zero-order valence-electron chi connectivity index (χ0n) is 14.6. The second-order valence-electron chi connectivity index (χ2n) is 6.60. The van der Waals surface area contributed by atoms with E-state index in [0.717, 1.165) is 25.7 Å². The number of hydrogen-bond acceptors (Lipinski definition) is 6. The predicted molar refractivity (Wildman–Crippen MR) is 102 cm³/mol. The number of pyridine rings is 1. The summed E-state index contributed by atoms with van der Waals surface area (Å²) in [7, 11) is 0. The topological polar surface area (TPSA) is 126 Å². The molecule has 0 saturated heterocycles. The van der Waals surface area contributed by atoms with Crippen molar-refractivity contribution < 1.29 is 9.90 Å². The monoisotopic (exact) mass is 355 g/mol. The van der Waals surface area contributed by atoms with Gasteiger partial charge in [-0.2, -0.15) is 0 Å². The van der Waals surface area contributed by atoms with Crippen LogP contribution in [-0.4, -0.2) is 28.1 Å². The molecule has 1 aliphatic carbocycles. The largest absolute Gasteiger partial charge is 0.392 e. The molecule has 1 amide bonds. The summed E-state index contributed by atoms with van der Waals surface area (Å²) < 4.78 is 0. The lowest BCUT2D eigenvalue weighted by molar-refractivity contribution is 0.100. The second-order valence-corrected chi connectivity index (χ2v) is 6.60. The van der Waals surface area contributed by atoms with Gasteiger partial charge in [-0.05, 0) is 31.0 Å². The number of nitrogens with one attached hydrogen (secondary N) is 2. The Kier molecular flexibility index (Phi) is 5.70. The highest BCUT2D eigenvalue weighted by Gasteiger charge is 2.22. The van der Waals surface area contributed by atoms with Crippen LogP contribution in [0.4, 0.5) is 17.3 Å². The zero-order valence-corrected chi connectivity index (χ0v) is 14.6. The number of aliphatic hydroxyl groups is 1. The van der Waals surface area contributed by atoms with Crippen LogP contribution in [0.1, 0.15) is 41.6 Å². The van der Waals surface area contributed by atoms with Gasteiger partial charge in [-0.1, -0.05) is 31.0 Å². The van der Waals surface area contributed by atoms with Crippen LogP contribution >= 0.6 is 0 Å². The van der Waals surface area contributed by atoms with E-state index in [9.17, 15) is 9.90 Å². The van der Waals surface area contributed by atoms with Gasteiger partial charge in [0.05, 0.1) is 12.2 Å². The van der Waals surface area contributed by atoms with Gasteiger partial charge in [0.2, 0.25) is 0 Å². The zero-order chi connectivity index (χ0) is 18.5. The highest BCUT2D eigenvalue weighted by atomic mass is 16.3. The van der Waals surface area contributed by atoms with E-state index in [-0.39, 0.29) is 24.3 Å². The third kappa shape index (κ3) is 4.12. The van der Waals surface area contributed by atoms with Gasteiger partial charge in [0.25, 0.3) is 5.91 Å². The van der Waals surface area contributed by atoms with Crippen LogP contribution < -0.4 is 22.1 Å². The number of para-hydroxylation sites is 1. The van der Waals surface area contributed by atoms with Crippen LogP contribution in [0.5, 0.6) is 0 Å². The Morgan fingerprint density at radius 2 is 1.96 bits per heavy atom. The van der Waals surface area contributed by atoms with Crippen molar-refractivity contribution in [3.8, 4) is 0 Å². The third-order valence-corrected chi connectivity index (χ3v) is 4.75. The summed E-state index contributed by atoms with van der Waals surface area (Å²) in [5.74, 6) is 0.427. The summed E-state index contributed by atoms with van der Waals surface area (Å²) in [5, 5.41) is 16.0. The molecule has 1 aromatic carbocycles. The number of nitrogens with zero attached hydrogens (tertiary/aromatic N) is 1. The van der Waals surface area contributed by atoms with E-state index in [2.05, 4.69) is 15.6 Å². The third-order valence-electron chi connectivity index (χ3n) is 4.75. The standard InChI is InChI=1S/C19H25N5O2/c20-14-6-2-4-8-16(14)22-17-10-9-13(18(21)26)19(24-17)23-15-7-3-1-5-12(15)11-25/h1,3,5,7,9-10,14,16,25H,2,4,6,8,11,20H2,(H2,21,26)(H2,22,23,24). The minimum Gasteiger partial charge on any atom is -0.392 e. The fraction of sp³-hybridized carbons (Fsp3) is 0.368. The molecule has 138 valence electrons.